The van der Waals surface area contributed by atoms with Crippen molar-refractivity contribution in [2.24, 2.45) is 5.41 Å². The molecule has 4 aromatic rings. The number of nitrogens with zero attached hydrogens (tertiary/aromatic N) is 6. The van der Waals surface area contributed by atoms with Gasteiger partial charge in [0, 0.05) is 49.0 Å². The summed E-state index contributed by atoms with van der Waals surface area (Å²) in [4.78, 5) is 51.4. The minimum absolute atomic E-state index is 0.0557. The number of methoxy groups -OCH3 is 1. The minimum Gasteiger partial charge on any atom is -0.497 e. The van der Waals surface area contributed by atoms with E-state index in [4.69, 9.17) is 34.9 Å². The Kier molecular flexibility index (Phi) is 13.0. The van der Waals surface area contributed by atoms with Crippen molar-refractivity contribution in [2.45, 2.75) is 77.5 Å². The number of benzene rings is 1. The maximum Gasteiger partial charge on any atom is 0.336 e. The largest absolute Gasteiger partial charge is 0.497 e. The third-order valence-electron chi connectivity index (χ3n) is 9.63. The summed E-state index contributed by atoms with van der Waals surface area (Å²) in [6, 6.07) is 12.5. The predicted octanol–water partition coefficient (Wildman–Crippen LogP) is 3.93. The summed E-state index contributed by atoms with van der Waals surface area (Å²) in [5.41, 5.74) is 2.40. The van der Waals surface area contributed by atoms with E-state index in [1.807, 2.05) is 31.5 Å². The second kappa shape index (κ2) is 17.0. The highest BCUT2D eigenvalue weighted by Crippen LogP contribution is 2.42. The van der Waals surface area contributed by atoms with Gasteiger partial charge in [-0.25, -0.2) is 19.7 Å². The maximum atomic E-state index is 10.3. The molecule has 0 spiro atoms. The van der Waals surface area contributed by atoms with Crippen molar-refractivity contribution in [3.63, 3.8) is 0 Å². The van der Waals surface area contributed by atoms with Crippen LogP contribution >= 0.6 is 0 Å². The van der Waals surface area contributed by atoms with Gasteiger partial charge in [-0.15, -0.1) is 0 Å². The third-order valence-corrected chi connectivity index (χ3v) is 9.63. The zero-order valence-electron chi connectivity index (χ0n) is 30.3. The Morgan fingerprint density at radius 1 is 0.981 bits per heavy atom. The summed E-state index contributed by atoms with van der Waals surface area (Å²) in [5.74, 6) is -3.13. The highest BCUT2D eigenvalue weighted by molar-refractivity contribution is 5.88. The molecular weight excluding hydrogens is 672 g/mol. The molecule has 1 aromatic carbocycles. The van der Waals surface area contributed by atoms with Gasteiger partial charge in [0.25, 0.3) is 0 Å². The van der Waals surface area contributed by atoms with Gasteiger partial charge in [-0.2, -0.15) is 0 Å². The Morgan fingerprint density at radius 2 is 1.67 bits per heavy atom. The van der Waals surface area contributed by atoms with Gasteiger partial charge in [0.2, 0.25) is 0 Å². The number of hydrogen-bond acceptors (Lipinski definition) is 11. The molecule has 0 bridgehead atoms. The van der Waals surface area contributed by atoms with Crippen LogP contribution in [0.2, 0.25) is 0 Å². The molecule has 15 heteroatoms. The van der Waals surface area contributed by atoms with Gasteiger partial charge >= 0.3 is 17.9 Å². The number of aryl methyl sites for hydroxylation is 2. The number of fused-ring (bicyclic) bond motifs is 1. The zero-order valence-corrected chi connectivity index (χ0v) is 30.3. The van der Waals surface area contributed by atoms with E-state index in [0.29, 0.717) is 6.54 Å². The van der Waals surface area contributed by atoms with Crippen LogP contribution in [0.3, 0.4) is 0 Å². The summed E-state index contributed by atoms with van der Waals surface area (Å²) >= 11 is 0. The van der Waals surface area contributed by atoms with Crippen LogP contribution in [0.25, 0.3) is 11.2 Å². The number of carboxylic acids is 3. The first-order chi connectivity index (χ1) is 24.6. The molecule has 3 aromatic heterocycles. The van der Waals surface area contributed by atoms with Crippen molar-refractivity contribution in [3.05, 3.63) is 77.8 Å². The number of likely N-dealkylation sites (tertiary alicyclic amines) is 1. The summed E-state index contributed by atoms with van der Waals surface area (Å²) in [7, 11) is 1.69. The fourth-order valence-electron chi connectivity index (χ4n) is 6.42. The highest BCUT2D eigenvalue weighted by Gasteiger charge is 2.44. The van der Waals surface area contributed by atoms with Crippen LogP contribution < -0.4 is 4.74 Å². The van der Waals surface area contributed by atoms with E-state index >= 15 is 0 Å². The van der Waals surface area contributed by atoms with Gasteiger partial charge in [0.05, 0.1) is 32.8 Å². The van der Waals surface area contributed by atoms with E-state index in [1.165, 1.54) is 11.1 Å². The Hall–Kier alpha value is -4.99. The molecule has 1 aliphatic rings. The van der Waals surface area contributed by atoms with Crippen molar-refractivity contribution >= 4 is 29.1 Å². The summed E-state index contributed by atoms with van der Waals surface area (Å²) in [6.07, 6.45) is 6.11. The van der Waals surface area contributed by atoms with Crippen molar-refractivity contribution in [1.29, 1.82) is 0 Å². The van der Waals surface area contributed by atoms with Crippen LogP contribution in [-0.4, -0.2) is 107 Å². The fraction of sp³-hybridized carbons (Fsp3) is 0.486. The van der Waals surface area contributed by atoms with Crippen LogP contribution in [0.1, 0.15) is 69.1 Å². The predicted molar refractivity (Wildman–Crippen MR) is 190 cm³/mol. The molecule has 52 heavy (non-hydrogen) atoms. The summed E-state index contributed by atoms with van der Waals surface area (Å²) in [5, 5.41) is 33.8. The SMILES string of the molecule is CCOC[C@]1(CCc2nc3ncncc3n2Cc2ccc(OC)cc2)CCN(C(C)(C)c2ccc(C)nc2)C1.O=C(O)CC(O)(CC(=O)O)C(=O)O. The van der Waals surface area contributed by atoms with E-state index < -0.39 is 36.4 Å². The summed E-state index contributed by atoms with van der Waals surface area (Å²) < 4.78 is 13.7. The number of rotatable bonds is 16. The van der Waals surface area contributed by atoms with Crippen LogP contribution in [0.15, 0.2) is 55.1 Å². The molecule has 1 atom stereocenters. The number of ether oxygens (including phenoxy) is 2. The molecule has 4 heterocycles. The number of carbonyl (C=O) groups is 3. The summed E-state index contributed by atoms with van der Waals surface area (Å²) in [6.45, 7) is 12.9. The van der Waals surface area contributed by atoms with Gasteiger partial charge < -0.3 is 34.5 Å². The lowest BCUT2D eigenvalue weighted by Crippen LogP contribution is -2.42. The third kappa shape index (κ3) is 9.86. The zero-order chi connectivity index (χ0) is 38.1. The van der Waals surface area contributed by atoms with Crippen LogP contribution in [0, 0.1) is 12.3 Å². The van der Waals surface area contributed by atoms with Crippen LogP contribution in [0.4, 0.5) is 0 Å². The van der Waals surface area contributed by atoms with Crippen LogP contribution in [0.5, 0.6) is 5.75 Å². The molecule has 5 rings (SSSR count). The maximum absolute atomic E-state index is 10.3. The van der Waals surface area contributed by atoms with Crippen molar-refractivity contribution in [3.8, 4) is 5.75 Å². The molecule has 0 amide bonds. The van der Waals surface area contributed by atoms with E-state index in [0.717, 1.165) is 74.0 Å². The molecule has 15 nitrogen and oxygen atoms in total. The second-order valence-corrected chi connectivity index (χ2v) is 13.7. The van der Waals surface area contributed by atoms with Crippen molar-refractivity contribution in [2.75, 3.05) is 33.4 Å². The lowest BCUT2D eigenvalue weighted by molar-refractivity contribution is -0.170. The fourth-order valence-corrected chi connectivity index (χ4v) is 6.42. The lowest BCUT2D eigenvalue weighted by Gasteiger charge is -2.38. The number of aromatic nitrogens is 5. The minimum atomic E-state index is -2.74. The lowest BCUT2D eigenvalue weighted by atomic mass is 9.82. The number of hydrogen-bond donors (Lipinski definition) is 4. The normalized spacial score (nSPS) is 16.3. The smallest absolute Gasteiger partial charge is 0.336 e. The molecule has 1 aliphatic heterocycles. The molecule has 0 aliphatic carbocycles. The quantitative estimate of drug-likeness (QED) is 0.129. The van der Waals surface area contributed by atoms with Gasteiger partial charge in [-0.05, 0) is 76.4 Å². The van der Waals surface area contributed by atoms with E-state index in [2.05, 4.69) is 69.5 Å². The topological polar surface area (TPSA) is 210 Å². The van der Waals surface area contributed by atoms with Crippen molar-refractivity contribution in [1.82, 2.24) is 29.4 Å². The number of aliphatic hydroxyl groups is 1. The van der Waals surface area contributed by atoms with E-state index in [1.54, 1.807) is 13.4 Å². The average molecular weight is 721 g/mol. The number of aliphatic carboxylic acids is 3. The standard InChI is InChI=1S/C31H40N6O2.C6H8O7/c1-6-39-21-31(15-16-36(20-31)30(3,4)25-10-7-23(2)33-17-25)14-13-28-35-29-27(18-32-22-34-29)37(28)19-24-8-11-26(38-5)12-9-24;7-3(8)1-6(13,5(11)12)2-4(9)10/h7-12,17-18,22H,6,13-16,19-21H2,1-5H3;13H,1-2H2,(H,7,8)(H,9,10)(H,11,12)/t31-;/m1./s1. The number of pyridine rings is 1. The number of carboxylic acid groups (broad SMARTS) is 3. The molecule has 4 N–H and O–H groups in total. The number of imidazole rings is 1. The van der Waals surface area contributed by atoms with Crippen molar-refractivity contribution < 1.29 is 44.3 Å². The van der Waals surface area contributed by atoms with E-state index in [-0.39, 0.29) is 11.0 Å². The molecule has 280 valence electrons. The molecule has 0 saturated carbocycles. The van der Waals surface area contributed by atoms with Gasteiger partial charge in [0.1, 0.15) is 23.4 Å². The first kappa shape index (κ1) is 39.8. The molecule has 1 saturated heterocycles. The Bertz CT molecular complexity index is 1810. The van der Waals surface area contributed by atoms with Gasteiger partial charge in [-0.1, -0.05) is 18.2 Å². The second-order valence-electron chi connectivity index (χ2n) is 13.7. The average Bonchev–Trinajstić information content (AvgIpc) is 3.69. The van der Waals surface area contributed by atoms with E-state index in [9.17, 15) is 14.4 Å². The monoisotopic (exact) mass is 720 g/mol. The first-order valence-electron chi connectivity index (χ1n) is 17.0. The first-order valence-corrected chi connectivity index (χ1v) is 17.0. The molecule has 1 fully saturated rings. The van der Waals surface area contributed by atoms with Gasteiger partial charge in [0.15, 0.2) is 11.2 Å². The molecule has 0 radical (unpaired) electrons. The molecular formula is C37H48N6O9. The highest BCUT2D eigenvalue weighted by atomic mass is 16.5. The Balaban J connectivity index is 0.000000398. The molecule has 0 unspecified atom stereocenters. The Labute approximate surface area is 302 Å². The van der Waals surface area contributed by atoms with Crippen LogP contribution in [-0.2, 0) is 37.6 Å². The van der Waals surface area contributed by atoms with Gasteiger partial charge in [-0.3, -0.25) is 19.5 Å². The Morgan fingerprint density at radius 3 is 2.25 bits per heavy atom.